The van der Waals surface area contributed by atoms with E-state index in [2.05, 4.69) is 46.9 Å². The fourth-order valence-corrected chi connectivity index (χ4v) is 10.2. The molecule has 4 heterocycles. The van der Waals surface area contributed by atoms with Gasteiger partial charge in [0.15, 0.2) is 5.75 Å². The number of benzene rings is 2. The summed E-state index contributed by atoms with van der Waals surface area (Å²) < 4.78 is 5.55. The van der Waals surface area contributed by atoms with Crippen LogP contribution in [0.2, 0.25) is 0 Å². The van der Waals surface area contributed by atoms with Gasteiger partial charge in [-0.1, -0.05) is 96.0 Å². The summed E-state index contributed by atoms with van der Waals surface area (Å²) in [5, 5.41) is 28.3. The maximum absolute atomic E-state index is 14.4. The summed E-state index contributed by atoms with van der Waals surface area (Å²) in [6, 6.07) is 16.8. The number of nitrogens with one attached hydrogen (secondary N) is 6. The lowest BCUT2D eigenvalue weighted by molar-refractivity contribution is -0.148. The number of β-amino-alcohol motifs (C(OH)–C–C–N with tert-alkyl or cyclic N) is 1. The Morgan fingerprint density at radius 3 is 2.07 bits per heavy atom. The van der Waals surface area contributed by atoms with E-state index in [0.29, 0.717) is 52.9 Å². The number of rotatable bonds is 26. The van der Waals surface area contributed by atoms with E-state index in [1.54, 1.807) is 53.2 Å². The summed E-state index contributed by atoms with van der Waals surface area (Å²) >= 11 is 1.55. The van der Waals surface area contributed by atoms with E-state index >= 15 is 0 Å². The first-order valence-electron chi connectivity index (χ1n) is 25.9. The minimum Gasteiger partial charge on any atom is -0.494 e. The van der Waals surface area contributed by atoms with Crippen LogP contribution >= 0.6 is 11.3 Å². The van der Waals surface area contributed by atoms with Gasteiger partial charge < -0.3 is 52.4 Å². The van der Waals surface area contributed by atoms with Crippen molar-refractivity contribution in [2.75, 3.05) is 44.9 Å². The number of methoxy groups -OCH3 is 1. The molecule has 5 aromatic rings. The maximum atomic E-state index is 14.4. The number of ether oxygens (including phenoxy) is 1. The summed E-state index contributed by atoms with van der Waals surface area (Å²) in [5.74, 6) is -1.20. The minimum absolute atomic E-state index is 0.00316. The molecule has 406 valence electrons. The number of carbonyl (C=O) groups excluding carboxylic acids is 6. The number of thiazole rings is 1. The van der Waals surface area contributed by atoms with E-state index in [4.69, 9.17) is 10.5 Å². The number of aliphatic hydroxyl groups is 1. The van der Waals surface area contributed by atoms with Gasteiger partial charge in [-0.05, 0) is 60.6 Å². The molecule has 3 aromatic heterocycles. The molecule has 0 unspecified atom stereocenters. The Morgan fingerprint density at radius 2 is 1.46 bits per heavy atom. The highest BCUT2D eigenvalue weighted by atomic mass is 32.1. The van der Waals surface area contributed by atoms with E-state index in [-0.39, 0.29) is 55.0 Å². The molecular weight excluding hydrogens is 987 g/mol. The van der Waals surface area contributed by atoms with Crippen LogP contribution in [0.15, 0.2) is 78.6 Å². The van der Waals surface area contributed by atoms with Crippen molar-refractivity contribution in [3.05, 3.63) is 107 Å². The first-order chi connectivity index (χ1) is 36.4. The number of aromatic nitrogens is 3. The lowest BCUT2D eigenvalue weighted by Crippen LogP contribution is -2.63. The Hall–Kier alpha value is -7.45. The molecule has 76 heavy (non-hydrogen) atoms. The van der Waals surface area contributed by atoms with Crippen molar-refractivity contribution in [1.29, 1.82) is 0 Å². The normalized spacial score (nSPS) is 15.6. The number of likely N-dealkylation sites (tertiary alicyclic amines) is 1. The van der Waals surface area contributed by atoms with Gasteiger partial charge in [0, 0.05) is 64.9 Å². The monoisotopic (exact) mass is 1060 g/mol. The second-order valence-electron chi connectivity index (χ2n) is 20.2. The quantitative estimate of drug-likeness (QED) is 0.0252. The summed E-state index contributed by atoms with van der Waals surface area (Å²) in [7, 11) is 4.50. The molecule has 1 aliphatic heterocycles. The number of pyridine rings is 2. The SMILES string of the molecule is CNC(=O)c1cnc(Nc2ccc(C(=O)NCCCCCCCCCCCC(=O)N[C@H](C(=O)N3C[C@H](O)C[C@@]3(Cc3ccc(-c4scnc4C)cc3)C(N)=O)C(C)(C)C)cn2)cc1Nc1cccc(C(=O)NC)c1OC. The molecule has 0 radical (unpaired) electrons. The average Bonchev–Trinajstić information content (AvgIpc) is 4.02. The van der Waals surface area contributed by atoms with Gasteiger partial charge in [0.2, 0.25) is 17.7 Å². The van der Waals surface area contributed by atoms with Crippen LogP contribution in [-0.2, 0) is 20.8 Å². The van der Waals surface area contributed by atoms with Crippen molar-refractivity contribution < 1.29 is 38.6 Å². The molecule has 3 atom stereocenters. The summed E-state index contributed by atoms with van der Waals surface area (Å²) in [5.41, 5.74) is 10.3. The average molecular weight is 1060 g/mol. The first kappa shape index (κ1) is 57.8. The molecule has 2 aromatic carbocycles. The number of primary amides is 1. The minimum atomic E-state index is -1.46. The van der Waals surface area contributed by atoms with Crippen LogP contribution < -0.4 is 42.4 Å². The fraction of sp³-hybridized carbons (Fsp3) is 0.446. The predicted octanol–water partition coefficient (Wildman–Crippen LogP) is 7.35. The Balaban J connectivity index is 0.875. The van der Waals surface area contributed by atoms with Gasteiger partial charge in [0.05, 0.1) is 57.4 Å². The highest BCUT2D eigenvalue weighted by molar-refractivity contribution is 7.13. The zero-order valence-corrected chi connectivity index (χ0v) is 45.5. The molecule has 0 spiro atoms. The van der Waals surface area contributed by atoms with Gasteiger partial charge in [0.1, 0.15) is 23.2 Å². The third-order valence-electron chi connectivity index (χ3n) is 13.6. The molecule has 0 bridgehead atoms. The van der Waals surface area contributed by atoms with Crippen molar-refractivity contribution in [3.63, 3.8) is 0 Å². The molecule has 6 amide bonds. The lowest BCUT2D eigenvalue weighted by Gasteiger charge is -2.40. The number of nitrogens with two attached hydrogens (primary N) is 1. The Bertz CT molecular complexity index is 2820. The number of aliphatic hydroxyl groups excluding tert-OH is 1. The molecule has 1 fully saturated rings. The van der Waals surface area contributed by atoms with E-state index < -0.39 is 34.9 Å². The standard InChI is InChI=1S/C56H73N11O8S/c1-35-48(76-34-63-35)37-23-21-36(22-24-37)29-56(54(57)74)30-39(68)33-67(56)53(73)49(55(2,3)4)66-46(69)20-15-13-11-9-8-10-12-14-16-27-60-50(70)38-25-26-44(61-31-38)65-45-28-43(41(32-62-45)52(72)59-6)64-42-19-17-18-40(47(42)75-7)51(71)58-5/h17-19,21-26,28,31-32,34,39,49,68H,8-16,20,27,29-30,33H2,1-7H3,(H2,57,74)(H,58,71)(H,59,72)(H,60,70)(H,66,69)(H2,61,62,64,65)/t39-,49-,56+/m1/s1. The van der Waals surface area contributed by atoms with Gasteiger partial charge in [-0.15, -0.1) is 11.3 Å². The van der Waals surface area contributed by atoms with Crippen molar-refractivity contribution in [3.8, 4) is 16.2 Å². The van der Waals surface area contributed by atoms with Gasteiger partial charge in [0.25, 0.3) is 17.7 Å². The highest BCUT2D eigenvalue weighted by Crippen LogP contribution is 2.37. The highest BCUT2D eigenvalue weighted by Gasteiger charge is 2.54. The molecule has 0 saturated carbocycles. The number of unbranched alkanes of at least 4 members (excludes halogenated alkanes) is 8. The maximum Gasteiger partial charge on any atom is 0.254 e. The van der Waals surface area contributed by atoms with Crippen LogP contribution in [0.1, 0.15) is 134 Å². The molecule has 1 aliphatic rings. The van der Waals surface area contributed by atoms with Crippen LogP contribution in [0.25, 0.3) is 10.4 Å². The number of para-hydroxylation sites is 1. The van der Waals surface area contributed by atoms with Crippen LogP contribution in [0, 0.1) is 12.3 Å². The predicted molar refractivity (Wildman–Crippen MR) is 295 cm³/mol. The van der Waals surface area contributed by atoms with Crippen molar-refractivity contribution in [2.24, 2.45) is 11.1 Å². The van der Waals surface area contributed by atoms with Gasteiger partial charge >= 0.3 is 0 Å². The number of nitrogens with zero attached hydrogens (tertiary/aromatic N) is 4. The number of hydrogen-bond donors (Lipinski definition) is 8. The zero-order chi connectivity index (χ0) is 55.0. The number of carbonyl (C=O) groups is 6. The molecular formula is C56H73N11O8S. The summed E-state index contributed by atoms with van der Waals surface area (Å²) in [6.07, 6.45) is 10.9. The summed E-state index contributed by atoms with van der Waals surface area (Å²) in [6.45, 7) is 8.03. The molecule has 6 rings (SSSR count). The van der Waals surface area contributed by atoms with Crippen molar-refractivity contribution in [2.45, 2.75) is 122 Å². The van der Waals surface area contributed by atoms with Crippen LogP contribution in [-0.4, -0.2) is 112 Å². The topological polar surface area (TPSA) is 272 Å². The van der Waals surface area contributed by atoms with Gasteiger partial charge in [-0.2, -0.15) is 0 Å². The van der Waals surface area contributed by atoms with E-state index in [9.17, 15) is 33.9 Å². The third kappa shape index (κ3) is 14.9. The second kappa shape index (κ2) is 26.9. The Morgan fingerprint density at radius 1 is 0.803 bits per heavy atom. The third-order valence-corrected chi connectivity index (χ3v) is 14.5. The van der Waals surface area contributed by atoms with Crippen molar-refractivity contribution >= 4 is 69.8 Å². The van der Waals surface area contributed by atoms with Crippen LogP contribution in [0.4, 0.5) is 23.0 Å². The van der Waals surface area contributed by atoms with E-state index in [0.717, 1.165) is 73.1 Å². The molecule has 20 heteroatoms. The zero-order valence-electron chi connectivity index (χ0n) is 44.6. The molecule has 1 saturated heterocycles. The largest absolute Gasteiger partial charge is 0.494 e. The number of hydrogen-bond acceptors (Lipinski definition) is 14. The van der Waals surface area contributed by atoms with Crippen LogP contribution in [0.5, 0.6) is 5.75 Å². The Kier molecular flexibility index (Phi) is 20.4. The number of anilines is 4. The number of aryl methyl sites for hydroxylation is 1. The van der Waals surface area contributed by atoms with Gasteiger partial charge in [-0.3, -0.25) is 28.8 Å². The number of amides is 6. The second-order valence-corrected chi connectivity index (χ2v) is 21.1. The van der Waals surface area contributed by atoms with Gasteiger partial charge in [-0.25, -0.2) is 15.0 Å². The van der Waals surface area contributed by atoms with E-state index in [1.165, 1.54) is 38.5 Å². The first-order valence-corrected chi connectivity index (χ1v) is 26.7. The lowest BCUT2D eigenvalue weighted by atomic mass is 9.82. The molecule has 19 nitrogen and oxygen atoms in total. The molecule has 9 N–H and O–H groups in total. The Labute approximate surface area is 449 Å². The summed E-state index contributed by atoms with van der Waals surface area (Å²) in [4.78, 5) is 94.7. The fourth-order valence-electron chi connectivity index (χ4n) is 9.41. The van der Waals surface area contributed by atoms with Crippen molar-refractivity contribution in [1.82, 2.24) is 41.1 Å². The van der Waals surface area contributed by atoms with Crippen LogP contribution in [0.3, 0.4) is 0 Å². The van der Waals surface area contributed by atoms with E-state index in [1.807, 2.05) is 52.0 Å². The smallest absolute Gasteiger partial charge is 0.254 e. The molecule has 0 aliphatic carbocycles.